The van der Waals surface area contributed by atoms with Crippen molar-refractivity contribution < 1.29 is 12.8 Å². The van der Waals surface area contributed by atoms with Crippen LogP contribution in [0.25, 0.3) is 0 Å². The Hall–Kier alpha value is -1.31. The van der Waals surface area contributed by atoms with Gasteiger partial charge >= 0.3 is 0 Å². The first-order chi connectivity index (χ1) is 10.0. The van der Waals surface area contributed by atoms with E-state index in [1.807, 2.05) is 5.38 Å². The van der Waals surface area contributed by atoms with Crippen molar-refractivity contribution in [2.75, 3.05) is 0 Å². The van der Waals surface area contributed by atoms with Crippen LogP contribution in [0.5, 0.6) is 0 Å². The van der Waals surface area contributed by atoms with Gasteiger partial charge in [0, 0.05) is 17.6 Å². The third-order valence-corrected chi connectivity index (χ3v) is 5.95. The summed E-state index contributed by atoms with van der Waals surface area (Å²) in [6, 6.07) is 5.68. The normalized spacial score (nSPS) is 15.5. The number of rotatable bonds is 6. The molecular weight excluding hydrogens is 311 g/mol. The summed E-state index contributed by atoms with van der Waals surface area (Å²) < 4.78 is 39.6. The van der Waals surface area contributed by atoms with E-state index in [9.17, 15) is 12.8 Å². The quantitative estimate of drug-likeness (QED) is 0.820. The lowest BCUT2D eigenvalue weighted by Gasteiger charge is -2.20. The molecule has 0 bridgehead atoms. The van der Waals surface area contributed by atoms with Gasteiger partial charge in [-0.1, -0.05) is 12.1 Å². The van der Waals surface area contributed by atoms with Gasteiger partial charge in [-0.25, -0.2) is 17.8 Å². The first kappa shape index (κ1) is 14.6. The Morgan fingerprint density at radius 3 is 2.57 bits per heavy atom. The summed E-state index contributed by atoms with van der Waals surface area (Å²) in [6.07, 6.45) is 3.47. The zero-order valence-electron chi connectivity index (χ0n) is 11.3. The predicted molar refractivity (Wildman–Crippen MR) is 79.7 cm³/mol. The topological polar surface area (TPSA) is 50.3 Å². The van der Waals surface area contributed by atoms with E-state index >= 15 is 0 Å². The molecule has 0 aliphatic heterocycles. The Labute approximate surface area is 127 Å². The third kappa shape index (κ3) is 3.66. The molecule has 1 aromatic carbocycles. The lowest BCUT2D eigenvalue weighted by atomic mass is 10.2. The number of halogens is 1. The Kier molecular flexibility index (Phi) is 4.05. The molecule has 1 saturated carbocycles. The number of thiazole rings is 1. The highest BCUT2D eigenvalue weighted by Crippen LogP contribution is 2.32. The van der Waals surface area contributed by atoms with Crippen LogP contribution in [0.1, 0.15) is 23.4 Å². The van der Waals surface area contributed by atoms with Crippen LogP contribution in [0.15, 0.2) is 35.8 Å². The Morgan fingerprint density at radius 1 is 1.29 bits per heavy atom. The van der Waals surface area contributed by atoms with Crippen molar-refractivity contribution in [2.45, 2.75) is 31.2 Å². The standard InChI is InChI=1S/C14H15FN2O2S2/c15-12-3-1-11(2-4-12)10-21(18,19)17(13-5-6-13)9-14-16-7-8-20-14/h1-4,7-8,13H,5-6,9-10H2. The maximum Gasteiger partial charge on any atom is 0.218 e. The molecule has 0 N–H and O–H groups in total. The minimum absolute atomic E-state index is 0.0827. The van der Waals surface area contributed by atoms with Crippen LogP contribution in [-0.4, -0.2) is 23.7 Å². The van der Waals surface area contributed by atoms with E-state index in [4.69, 9.17) is 0 Å². The molecule has 0 unspecified atom stereocenters. The van der Waals surface area contributed by atoms with Gasteiger partial charge in [-0.05, 0) is 30.5 Å². The van der Waals surface area contributed by atoms with Gasteiger partial charge in [0.25, 0.3) is 0 Å². The van der Waals surface area contributed by atoms with E-state index in [1.165, 1.54) is 39.9 Å². The number of hydrogen-bond donors (Lipinski definition) is 0. The maximum atomic E-state index is 12.9. The first-order valence-electron chi connectivity index (χ1n) is 6.67. The molecule has 0 atom stereocenters. The molecule has 3 rings (SSSR count). The van der Waals surface area contributed by atoms with Gasteiger partial charge in [-0.15, -0.1) is 11.3 Å². The summed E-state index contributed by atoms with van der Waals surface area (Å²) in [7, 11) is -3.42. The van der Waals surface area contributed by atoms with Gasteiger partial charge < -0.3 is 0 Å². The van der Waals surface area contributed by atoms with Crippen LogP contribution >= 0.6 is 11.3 Å². The Morgan fingerprint density at radius 2 is 2.00 bits per heavy atom. The number of sulfonamides is 1. The molecule has 0 radical (unpaired) electrons. The molecule has 0 saturated heterocycles. The summed E-state index contributed by atoms with van der Waals surface area (Å²) >= 11 is 1.45. The van der Waals surface area contributed by atoms with Gasteiger partial charge in [0.1, 0.15) is 10.8 Å². The van der Waals surface area contributed by atoms with E-state index in [2.05, 4.69) is 4.98 Å². The van der Waals surface area contributed by atoms with Gasteiger partial charge in [-0.2, -0.15) is 4.31 Å². The molecule has 0 spiro atoms. The average molecular weight is 326 g/mol. The molecule has 2 aromatic rings. The minimum atomic E-state index is -3.42. The van der Waals surface area contributed by atoms with Crippen LogP contribution in [0.2, 0.25) is 0 Å². The van der Waals surface area contributed by atoms with E-state index in [0.717, 1.165) is 17.8 Å². The Balaban J connectivity index is 1.78. The fourth-order valence-electron chi connectivity index (χ4n) is 2.16. The van der Waals surface area contributed by atoms with Gasteiger partial charge in [0.2, 0.25) is 10.0 Å². The molecule has 1 fully saturated rings. The van der Waals surface area contributed by atoms with Crippen LogP contribution in [0.4, 0.5) is 4.39 Å². The third-order valence-electron chi connectivity index (χ3n) is 3.35. The molecule has 4 nitrogen and oxygen atoms in total. The van der Waals surface area contributed by atoms with Crippen LogP contribution in [-0.2, 0) is 22.3 Å². The number of hydrogen-bond acceptors (Lipinski definition) is 4. The molecule has 0 amide bonds. The molecular formula is C14H15FN2O2S2. The van der Waals surface area contributed by atoms with Crippen molar-refractivity contribution in [1.82, 2.24) is 9.29 Å². The first-order valence-corrected chi connectivity index (χ1v) is 9.16. The zero-order chi connectivity index (χ0) is 14.9. The van der Waals surface area contributed by atoms with E-state index in [0.29, 0.717) is 12.1 Å². The molecule has 1 aliphatic rings. The molecule has 1 aromatic heterocycles. The molecule has 7 heteroatoms. The fraction of sp³-hybridized carbons (Fsp3) is 0.357. The van der Waals surface area contributed by atoms with Crippen LogP contribution < -0.4 is 0 Å². The number of aromatic nitrogens is 1. The summed E-state index contributed by atoms with van der Waals surface area (Å²) in [5.41, 5.74) is 0.598. The smallest absolute Gasteiger partial charge is 0.218 e. The monoisotopic (exact) mass is 326 g/mol. The van der Waals surface area contributed by atoms with Crippen LogP contribution in [0, 0.1) is 5.82 Å². The lowest BCUT2D eigenvalue weighted by molar-refractivity contribution is 0.397. The molecule has 1 heterocycles. The van der Waals surface area contributed by atoms with E-state index in [1.54, 1.807) is 6.20 Å². The number of benzene rings is 1. The van der Waals surface area contributed by atoms with Crippen molar-refractivity contribution in [3.8, 4) is 0 Å². The summed E-state index contributed by atoms with van der Waals surface area (Å²) in [5, 5.41) is 2.64. The second-order valence-corrected chi connectivity index (χ2v) is 7.99. The SMILES string of the molecule is O=S(=O)(Cc1ccc(F)cc1)N(Cc1nccs1)C1CC1. The highest BCUT2D eigenvalue weighted by atomic mass is 32.2. The molecule has 21 heavy (non-hydrogen) atoms. The second kappa shape index (κ2) is 5.82. The van der Waals surface area contributed by atoms with Crippen molar-refractivity contribution in [2.24, 2.45) is 0 Å². The molecule has 112 valence electrons. The maximum absolute atomic E-state index is 12.9. The average Bonchev–Trinajstić information content (AvgIpc) is 3.14. The van der Waals surface area contributed by atoms with Crippen molar-refractivity contribution in [1.29, 1.82) is 0 Å². The van der Waals surface area contributed by atoms with Crippen molar-refractivity contribution in [3.63, 3.8) is 0 Å². The summed E-state index contributed by atoms with van der Waals surface area (Å²) in [4.78, 5) is 4.16. The lowest BCUT2D eigenvalue weighted by Crippen LogP contribution is -2.33. The van der Waals surface area contributed by atoms with Crippen LogP contribution in [0.3, 0.4) is 0 Å². The summed E-state index contributed by atoms with van der Waals surface area (Å²) in [5.74, 6) is -0.465. The van der Waals surface area contributed by atoms with E-state index < -0.39 is 10.0 Å². The van der Waals surface area contributed by atoms with Gasteiger partial charge in [0.05, 0.1) is 12.3 Å². The largest absolute Gasteiger partial charge is 0.248 e. The van der Waals surface area contributed by atoms with Gasteiger partial charge in [-0.3, -0.25) is 0 Å². The second-order valence-electron chi connectivity index (χ2n) is 5.08. The minimum Gasteiger partial charge on any atom is -0.248 e. The summed E-state index contributed by atoms with van der Waals surface area (Å²) in [6.45, 7) is 0.325. The Bertz CT molecular complexity index is 695. The fourth-order valence-corrected chi connectivity index (χ4v) is 4.62. The van der Waals surface area contributed by atoms with Gasteiger partial charge in [0.15, 0.2) is 0 Å². The highest BCUT2D eigenvalue weighted by molar-refractivity contribution is 7.88. The zero-order valence-corrected chi connectivity index (χ0v) is 12.9. The highest BCUT2D eigenvalue weighted by Gasteiger charge is 2.37. The predicted octanol–water partition coefficient (Wildman–Crippen LogP) is 2.78. The van der Waals surface area contributed by atoms with E-state index in [-0.39, 0.29) is 17.6 Å². The number of nitrogens with zero attached hydrogens (tertiary/aromatic N) is 2. The molecule has 1 aliphatic carbocycles. The van der Waals surface area contributed by atoms with Crippen molar-refractivity contribution >= 4 is 21.4 Å². The van der Waals surface area contributed by atoms with Crippen molar-refractivity contribution in [3.05, 3.63) is 52.2 Å².